The molecule has 0 saturated carbocycles. The zero-order chi connectivity index (χ0) is 24.5. The van der Waals surface area contributed by atoms with E-state index in [0.717, 1.165) is 11.1 Å². The summed E-state index contributed by atoms with van der Waals surface area (Å²) in [6, 6.07) is 17.6. The summed E-state index contributed by atoms with van der Waals surface area (Å²) in [6.45, 7) is 0. The maximum Gasteiger partial charge on any atom is 0.189 e. The van der Waals surface area contributed by atoms with Crippen LogP contribution in [0.5, 0.6) is 23.0 Å². The number of allylic oxidation sites excluding steroid dienone is 2. The molecular formula is C28H26O6. The van der Waals surface area contributed by atoms with Crippen molar-refractivity contribution < 1.29 is 28.5 Å². The number of benzene rings is 3. The molecular weight excluding hydrogens is 432 g/mol. The lowest BCUT2D eigenvalue weighted by Gasteiger charge is -2.08. The first-order chi connectivity index (χ1) is 16.5. The molecule has 0 atom stereocenters. The molecule has 6 nitrogen and oxygen atoms in total. The van der Waals surface area contributed by atoms with E-state index in [1.807, 2.05) is 24.3 Å². The first-order valence-corrected chi connectivity index (χ1v) is 10.5. The quantitative estimate of drug-likeness (QED) is 0.295. The van der Waals surface area contributed by atoms with Gasteiger partial charge in [0.2, 0.25) is 0 Å². The summed E-state index contributed by atoms with van der Waals surface area (Å²) >= 11 is 0. The molecule has 0 fully saturated rings. The largest absolute Gasteiger partial charge is 0.497 e. The van der Waals surface area contributed by atoms with Gasteiger partial charge in [-0.25, -0.2) is 0 Å². The second-order valence-electron chi connectivity index (χ2n) is 7.20. The zero-order valence-corrected chi connectivity index (χ0v) is 19.5. The van der Waals surface area contributed by atoms with Gasteiger partial charge in [0.05, 0.1) is 39.6 Å². The number of hydrogen-bond acceptors (Lipinski definition) is 6. The predicted octanol–water partition coefficient (Wildman–Crippen LogP) is 5.51. The van der Waals surface area contributed by atoms with Gasteiger partial charge in [-0.3, -0.25) is 9.59 Å². The van der Waals surface area contributed by atoms with Crippen LogP contribution in [0.2, 0.25) is 0 Å². The highest BCUT2D eigenvalue weighted by Crippen LogP contribution is 2.26. The third kappa shape index (κ3) is 5.92. The van der Waals surface area contributed by atoms with Gasteiger partial charge in [0.15, 0.2) is 11.6 Å². The fourth-order valence-electron chi connectivity index (χ4n) is 3.29. The first kappa shape index (κ1) is 24.3. The van der Waals surface area contributed by atoms with E-state index in [4.69, 9.17) is 18.9 Å². The van der Waals surface area contributed by atoms with Gasteiger partial charge in [0.25, 0.3) is 0 Å². The van der Waals surface area contributed by atoms with Gasteiger partial charge in [-0.2, -0.15) is 0 Å². The van der Waals surface area contributed by atoms with Crippen molar-refractivity contribution in [2.45, 2.75) is 0 Å². The van der Waals surface area contributed by atoms with Crippen LogP contribution in [-0.2, 0) is 0 Å². The molecule has 0 N–H and O–H groups in total. The molecule has 6 heteroatoms. The average molecular weight is 459 g/mol. The molecule has 0 unspecified atom stereocenters. The fraction of sp³-hybridized carbons (Fsp3) is 0.143. The monoisotopic (exact) mass is 458 g/mol. The van der Waals surface area contributed by atoms with Crippen molar-refractivity contribution in [3.05, 3.63) is 95.1 Å². The Morgan fingerprint density at radius 2 is 1.03 bits per heavy atom. The van der Waals surface area contributed by atoms with E-state index in [9.17, 15) is 9.59 Å². The van der Waals surface area contributed by atoms with E-state index in [2.05, 4.69) is 0 Å². The Labute approximate surface area is 199 Å². The van der Waals surface area contributed by atoms with E-state index in [1.54, 1.807) is 62.8 Å². The van der Waals surface area contributed by atoms with Crippen molar-refractivity contribution in [2.24, 2.45) is 0 Å². The molecule has 3 rings (SSSR count). The van der Waals surface area contributed by atoms with Crippen molar-refractivity contribution >= 4 is 23.7 Å². The molecule has 3 aromatic rings. The molecule has 174 valence electrons. The Kier molecular flexibility index (Phi) is 8.24. The van der Waals surface area contributed by atoms with Crippen LogP contribution in [0.15, 0.2) is 72.8 Å². The summed E-state index contributed by atoms with van der Waals surface area (Å²) in [5, 5.41) is 0. The fourth-order valence-corrected chi connectivity index (χ4v) is 3.29. The minimum Gasteiger partial charge on any atom is -0.497 e. The third-order valence-corrected chi connectivity index (χ3v) is 5.11. The number of methoxy groups -OCH3 is 4. The van der Waals surface area contributed by atoms with Crippen molar-refractivity contribution in [3.63, 3.8) is 0 Å². The topological polar surface area (TPSA) is 71.1 Å². The minimum atomic E-state index is -0.192. The molecule has 0 aliphatic rings. The molecule has 0 aliphatic heterocycles. The van der Waals surface area contributed by atoms with Gasteiger partial charge in [0, 0.05) is 12.1 Å². The molecule has 0 saturated heterocycles. The summed E-state index contributed by atoms with van der Waals surface area (Å²) in [5.41, 5.74) is 2.51. The summed E-state index contributed by atoms with van der Waals surface area (Å²) in [6.07, 6.45) is 6.41. The third-order valence-electron chi connectivity index (χ3n) is 5.11. The van der Waals surface area contributed by atoms with Crippen molar-refractivity contribution in [1.82, 2.24) is 0 Å². The van der Waals surface area contributed by atoms with Crippen LogP contribution in [0, 0.1) is 0 Å². The lowest BCUT2D eigenvalue weighted by molar-refractivity contribution is 0.103. The van der Waals surface area contributed by atoms with E-state index in [-0.39, 0.29) is 11.6 Å². The van der Waals surface area contributed by atoms with Crippen LogP contribution in [0.4, 0.5) is 0 Å². The maximum absolute atomic E-state index is 12.7. The van der Waals surface area contributed by atoms with Crippen LogP contribution >= 0.6 is 0 Å². The van der Waals surface area contributed by atoms with Gasteiger partial charge >= 0.3 is 0 Å². The smallest absolute Gasteiger partial charge is 0.189 e. The number of rotatable bonds is 10. The lowest BCUT2D eigenvalue weighted by atomic mass is 10.0. The van der Waals surface area contributed by atoms with Crippen LogP contribution in [-0.4, -0.2) is 40.0 Å². The number of hydrogen-bond donors (Lipinski definition) is 0. The van der Waals surface area contributed by atoms with Crippen LogP contribution in [0.25, 0.3) is 12.2 Å². The Bertz CT molecular complexity index is 1150. The molecule has 0 radical (unpaired) electrons. The highest BCUT2D eigenvalue weighted by Gasteiger charge is 2.12. The van der Waals surface area contributed by atoms with Gasteiger partial charge in [-0.05, 0) is 53.6 Å². The molecule has 0 aliphatic carbocycles. The van der Waals surface area contributed by atoms with Crippen LogP contribution in [0.3, 0.4) is 0 Å². The standard InChI is InChI=1S/C28H26O6/c1-31-21-10-12-23(27(17-21)33-3)25(29)14-8-19-6-5-7-20(16-19)9-15-26(30)24-13-11-22(32-2)18-28(24)34-4/h5-18H,1-4H3/b14-8+,15-9+. The van der Waals surface area contributed by atoms with Gasteiger partial charge < -0.3 is 18.9 Å². The van der Waals surface area contributed by atoms with Crippen LogP contribution < -0.4 is 18.9 Å². The number of ether oxygens (including phenoxy) is 4. The van der Waals surface area contributed by atoms with E-state index >= 15 is 0 Å². The van der Waals surface area contributed by atoms with Gasteiger partial charge in [0.1, 0.15) is 23.0 Å². The molecule has 3 aromatic carbocycles. The lowest BCUT2D eigenvalue weighted by Crippen LogP contribution is -1.99. The highest BCUT2D eigenvalue weighted by molar-refractivity contribution is 6.09. The summed E-state index contributed by atoms with van der Waals surface area (Å²) < 4.78 is 21.0. The summed E-state index contributed by atoms with van der Waals surface area (Å²) in [7, 11) is 6.12. The first-order valence-electron chi connectivity index (χ1n) is 10.5. The van der Waals surface area contributed by atoms with Crippen molar-refractivity contribution in [2.75, 3.05) is 28.4 Å². The molecule has 0 amide bonds. The summed E-state index contributed by atoms with van der Waals surface area (Å²) in [4.78, 5) is 25.3. The van der Waals surface area contributed by atoms with Gasteiger partial charge in [-0.15, -0.1) is 0 Å². The molecule has 34 heavy (non-hydrogen) atoms. The zero-order valence-electron chi connectivity index (χ0n) is 19.5. The van der Waals surface area contributed by atoms with Gasteiger partial charge in [-0.1, -0.05) is 30.4 Å². The van der Waals surface area contributed by atoms with Crippen molar-refractivity contribution in [1.29, 1.82) is 0 Å². The average Bonchev–Trinajstić information content (AvgIpc) is 2.89. The van der Waals surface area contributed by atoms with E-state index in [0.29, 0.717) is 34.1 Å². The molecule has 0 heterocycles. The molecule has 0 aromatic heterocycles. The Hall–Kier alpha value is -4.32. The Morgan fingerprint density at radius 1 is 0.588 bits per heavy atom. The van der Waals surface area contributed by atoms with E-state index < -0.39 is 0 Å². The SMILES string of the molecule is COc1ccc(C(=O)/C=C/c2cccc(/C=C/C(=O)c3ccc(OC)cc3OC)c2)c(OC)c1. The van der Waals surface area contributed by atoms with Crippen LogP contribution in [0.1, 0.15) is 31.8 Å². The Morgan fingerprint density at radius 3 is 1.41 bits per heavy atom. The second-order valence-corrected chi connectivity index (χ2v) is 7.20. The normalized spacial score (nSPS) is 10.9. The maximum atomic E-state index is 12.7. The predicted molar refractivity (Wildman–Crippen MR) is 132 cm³/mol. The summed E-state index contributed by atoms with van der Waals surface area (Å²) in [5.74, 6) is 1.72. The molecule has 0 spiro atoms. The minimum absolute atomic E-state index is 0.192. The number of carbonyl (C=O) groups is 2. The highest BCUT2D eigenvalue weighted by atomic mass is 16.5. The number of ketones is 2. The second kappa shape index (κ2) is 11.5. The number of carbonyl (C=O) groups excluding carboxylic acids is 2. The Balaban J connectivity index is 1.75. The molecule has 0 bridgehead atoms. The van der Waals surface area contributed by atoms with Crippen molar-refractivity contribution in [3.8, 4) is 23.0 Å². The van der Waals surface area contributed by atoms with E-state index in [1.165, 1.54) is 26.4 Å².